The third-order valence-electron chi connectivity index (χ3n) is 4.59. The van der Waals surface area contributed by atoms with Crippen molar-refractivity contribution in [2.24, 2.45) is 0 Å². The zero-order valence-corrected chi connectivity index (χ0v) is 16.0. The summed E-state index contributed by atoms with van der Waals surface area (Å²) in [6.45, 7) is 0. The first-order chi connectivity index (χ1) is 12.5. The standard InChI is InChI=1S/C19H20ClN3O2S/c1-25-17(24)14-12-13(7-8-15(14)20)22-18(26)23-19(9-3-4-10-19)16-6-2-5-11-21-16/h2,5-8,11-12H,3-4,9-10H2,1H3,(H2,22,23,26). The molecule has 0 amide bonds. The molecule has 2 aromatic rings. The summed E-state index contributed by atoms with van der Waals surface area (Å²) >= 11 is 11.6. The van der Waals surface area contributed by atoms with Crippen LogP contribution in [0, 0.1) is 0 Å². The molecule has 0 spiro atoms. The molecule has 1 fully saturated rings. The summed E-state index contributed by atoms with van der Waals surface area (Å²) < 4.78 is 4.75. The third-order valence-corrected chi connectivity index (χ3v) is 5.13. The lowest BCUT2D eigenvalue weighted by molar-refractivity contribution is 0.0601. The van der Waals surface area contributed by atoms with Gasteiger partial charge in [-0.15, -0.1) is 0 Å². The van der Waals surface area contributed by atoms with Crippen molar-refractivity contribution >= 4 is 40.6 Å². The minimum absolute atomic E-state index is 0.261. The van der Waals surface area contributed by atoms with Crippen LogP contribution in [0.15, 0.2) is 42.6 Å². The third kappa shape index (κ3) is 3.97. The van der Waals surface area contributed by atoms with Crippen molar-refractivity contribution in [3.05, 3.63) is 58.9 Å². The first-order valence-corrected chi connectivity index (χ1v) is 9.21. The van der Waals surface area contributed by atoms with Crippen LogP contribution >= 0.6 is 23.8 Å². The number of hydrogen-bond donors (Lipinski definition) is 2. The van der Waals surface area contributed by atoms with Crippen molar-refractivity contribution in [3.63, 3.8) is 0 Å². The number of methoxy groups -OCH3 is 1. The van der Waals surface area contributed by atoms with Crippen LogP contribution in [0.1, 0.15) is 41.7 Å². The predicted molar refractivity (Wildman–Crippen MR) is 107 cm³/mol. The van der Waals surface area contributed by atoms with E-state index >= 15 is 0 Å². The molecule has 1 aromatic heterocycles. The van der Waals surface area contributed by atoms with Gasteiger partial charge in [0.2, 0.25) is 0 Å². The van der Waals surface area contributed by atoms with Crippen molar-refractivity contribution in [1.82, 2.24) is 10.3 Å². The molecule has 0 bridgehead atoms. The quantitative estimate of drug-likeness (QED) is 0.601. The van der Waals surface area contributed by atoms with Gasteiger partial charge in [-0.1, -0.05) is 30.5 Å². The molecule has 0 atom stereocenters. The van der Waals surface area contributed by atoms with E-state index in [1.807, 2.05) is 18.2 Å². The van der Waals surface area contributed by atoms with Gasteiger partial charge in [0, 0.05) is 11.9 Å². The van der Waals surface area contributed by atoms with Crippen molar-refractivity contribution in [1.29, 1.82) is 0 Å². The molecule has 0 aliphatic heterocycles. The van der Waals surface area contributed by atoms with Gasteiger partial charge in [-0.25, -0.2) is 4.79 Å². The highest BCUT2D eigenvalue weighted by atomic mass is 35.5. The molecular weight excluding hydrogens is 370 g/mol. The normalized spacial score (nSPS) is 15.3. The van der Waals surface area contributed by atoms with Crippen LogP contribution in [-0.2, 0) is 10.3 Å². The van der Waals surface area contributed by atoms with Gasteiger partial charge in [0.25, 0.3) is 0 Å². The van der Waals surface area contributed by atoms with E-state index in [-0.39, 0.29) is 5.54 Å². The minimum atomic E-state index is -0.488. The summed E-state index contributed by atoms with van der Waals surface area (Å²) in [5.41, 5.74) is 1.69. The zero-order valence-electron chi connectivity index (χ0n) is 14.4. The fourth-order valence-electron chi connectivity index (χ4n) is 3.32. The number of nitrogens with zero attached hydrogens (tertiary/aromatic N) is 1. The Morgan fingerprint density at radius 3 is 2.69 bits per heavy atom. The van der Waals surface area contributed by atoms with E-state index in [1.54, 1.807) is 24.4 Å². The van der Waals surface area contributed by atoms with Crippen molar-refractivity contribution in [2.45, 2.75) is 31.2 Å². The van der Waals surface area contributed by atoms with Crippen LogP contribution in [0.2, 0.25) is 5.02 Å². The topological polar surface area (TPSA) is 63.2 Å². The number of pyridine rings is 1. The Kier molecular flexibility index (Phi) is 5.74. The average Bonchev–Trinajstić information content (AvgIpc) is 3.13. The zero-order chi connectivity index (χ0) is 18.6. The van der Waals surface area contributed by atoms with Crippen LogP contribution in [0.5, 0.6) is 0 Å². The monoisotopic (exact) mass is 389 g/mol. The van der Waals surface area contributed by atoms with Crippen LogP contribution < -0.4 is 10.6 Å². The van der Waals surface area contributed by atoms with Crippen LogP contribution in [0.4, 0.5) is 5.69 Å². The Labute approximate surface area is 163 Å². The number of anilines is 1. The lowest BCUT2D eigenvalue weighted by Crippen LogP contribution is -2.46. The SMILES string of the molecule is COC(=O)c1cc(NC(=S)NC2(c3ccccn3)CCCC2)ccc1Cl. The molecule has 0 unspecified atom stereocenters. The van der Waals surface area contributed by atoms with Gasteiger partial charge in [-0.2, -0.15) is 0 Å². The first kappa shape index (κ1) is 18.6. The Morgan fingerprint density at radius 1 is 1.27 bits per heavy atom. The van der Waals surface area contributed by atoms with Crippen LogP contribution in [0.3, 0.4) is 0 Å². The van der Waals surface area contributed by atoms with Gasteiger partial charge >= 0.3 is 5.97 Å². The molecule has 7 heteroatoms. The maximum absolute atomic E-state index is 11.8. The van der Waals surface area contributed by atoms with Crippen LogP contribution in [-0.4, -0.2) is 23.2 Å². The Morgan fingerprint density at radius 2 is 2.04 bits per heavy atom. The number of aromatic nitrogens is 1. The van der Waals surface area contributed by atoms with Gasteiger partial charge in [-0.3, -0.25) is 4.98 Å². The lowest BCUT2D eigenvalue weighted by atomic mass is 9.93. The maximum atomic E-state index is 11.8. The smallest absolute Gasteiger partial charge is 0.339 e. The highest BCUT2D eigenvalue weighted by Crippen LogP contribution is 2.37. The largest absolute Gasteiger partial charge is 0.465 e. The second-order valence-corrected chi connectivity index (χ2v) is 7.08. The van der Waals surface area contributed by atoms with Gasteiger partial charge in [0.05, 0.1) is 28.9 Å². The summed E-state index contributed by atoms with van der Waals surface area (Å²) in [5, 5.41) is 7.40. The Bertz CT molecular complexity index is 808. The molecule has 1 aromatic carbocycles. The van der Waals surface area contributed by atoms with Crippen molar-refractivity contribution in [2.75, 3.05) is 12.4 Å². The number of esters is 1. The van der Waals surface area contributed by atoms with Gasteiger partial charge < -0.3 is 15.4 Å². The number of hydrogen-bond acceptors (Lipinski definition) is 4. The molecule has 5 nitrogen and oxygen atoms in total. The predicted octanol–water partition coefficient (Wildman–Crippen LogP) is 4.28. The van der Waals surface area contributed by atoms with E-state index in [4.69, 9.17) is 28.6 Å². The molecule has 0 saturated heterocycles. The van der Waals surface area contributed by atoms with E-state index in [0.717, 1.165) is 31.4 Å². The number of rotatable bonds is 4. The summed E-state index contributed by atoms with van der Waals surface area (Å²) in [6, 6.07) is 11.0. The van der Waals surface area contributed by atoms with Crippen LogP contribution in [0.25, 0.3) is 0 Å². The lowest BCUT2D eigenvalue weighted by Gasteiger charge is -2.31. The van der Waals surface area contributed by atoms with E-state index in [1.165, 1.54) is 7.11 Å². The number of nitrogens with one attached hydrogen (secondary N) is 2. The van der Waals surface area contributed by atoms with Gasteiger partial charge in [0.1, 0.15) is 0 Å². The molecule has 1 heterocycles. The van der Waals surface area contributed by atoms with E-state index in [0.29, 0.717) is 21.4 Å². The number of benzene rings is 1. The summed E-state index contributed by atoms with van der Waals surface area (Å²) in [5.74, 6) is -0.488. The minimum Gasteiger partial charge on any atom is -0.465 e. The number of carbonyl (C=O) groups excluding carboxylic acids is 1. The summed E-state index contributed by atoms with van der Waals surface area (Å²) in [6.07, 6.45) is 5.99. The molecule has 1 aliphatic rings. The van der Waals surface area contributed by atoms with E-state index < -0.39 is 5.97 Å². The summed E-state index contributed by atoms with van der Waals surface area (Å²) in [4.78, 5) is 16.3. The maximum Gasteiger partial charge on any atom is 0.339 e. The fraction of sp³-hybridized carbons (Fsp3) is 0.316. The number of halogens is 1. The first-order valence-electron chi connectivity index (χ1n) is 8.43. The van der Waals surface area contributed by atoms with Gasteiger partial charge in [0.15, 0.2) is 5.11 Å². The summed E-state index contributed by atoms with van der Waals surface area (Å²) in [7, 11) is 1.32. The highest BCUT2D eigenvalue weighted by Gasteiger charge is 2.37. The second-order valence-electron chi connectivity index (χ2n) is 6.27. The Balaban J connectivity index is 1.77. The molecule has 0 radical (unpaired) electrons. The van der Waals surface area contributed by atoms with Crippen molar-refractivity contribution < 1.29 is 9.53 Å². The molecule has 136 valence electrons. The molecular formula is C19H20ClN3O2S. The molecule has 3 rings (SSSR count). The van der Waals surface area contributed by atoms with E-state index in [2.05, 4.69) is 15.6 Å². The number of thiocarbonyl (C=S) groups is 1. The number of ether oxygens (including phenoxy) is 1. The second kappa shape index (κ2) is 8.01. The fourth-order valence-corrected chi connectivity index (χ4v) is 3.83. The molecule has 2 N–H and O–H groups in total. The van der Waals surface area contributed by atoms with Crippen molar-refractivity contribution in [3.8, 4) is 0 Å². The highest BCUT2D eigenvalue weighted by molar-refractivity contribution is 7.80. The number of carbonyl (C=O) groups is 1. The van der Waals surface area contributed by atoms with E-state index in [9.17, 15) is 4.79 Å². The molecule has 26 heavy (non-hydrogen) atoms. The molecule has 1 saturated carbocycles. The Hall–Kier alpha value is -2.18. The molecule has 1 aliphatic carbocycles. The van der Waals surface area contributed by atoms with Gasteiger partial charge in [-0.05, 0) is 55.4 Å². The average molecular weight is 390 g/mol.